The number of hydrogen-bond acceptors (Lipinski definition) is 4. The Labute approximate surface area is 115 Å². The molecule has 0 aliphatic rings. The highest BCUT2D eigenvalue weighted by atomic mass is 79.9. The van der Waals surface area contributed by atoms with Crippen molar-refractivity contribution in [3.63, 3.8) is 0 Å². The van der Waals surface area contributed by atoms with Gasteiger partial charge < -0.3 is 11.1 Å². The number of nitrogens with zero attached hydrogens (tertiary/aromatic N) is 2. The van der Waals surface area contributed by atoms with Crippen LogP contribution in [0.15, 0.2) is 34.9 Å². The van der Waals surface area contributed by atoms with Gasteiger partial charge in [-0.3, -0.25) is 0 Å². The first-order valence-corrected chi connectivity index (χ1v) is 6.62. The summed E-state index contributed by atoms with van der Waals surface area (Å²) >= 11 is 3.38. The SMILES string of the molecule is CCCc1ccc(Nc2nc(N)ncc2Br)cc1. The van der Waals surface area contributed by atoms with Crippen LogP contribution >= 0.6 is 15.9 Å². The number of nitrogens with two attached hydrogens (primary N) is 1. The molecule has 0 aliphatic heterocycles. The topological polar surface area (TPSA) is 63.8 Å². The molecule has 0 bridgehead atoms. The molecule has 3 N–H and O–H groups in total. The summed E-state index contributed by atoms with van der Waals surface area (Å²) in [6.45, 7) is 2.17. The van der Waals surface area contributed by atoms with E-state index in [1.165, 1.54) is 5.56 Å². The fourth-order valence-corrected chi connectivity index (χ4v) is 1.94. The normalized spacial score (nSPS) is 10.3. The van der Waals surface area contributed by atoms with E-state index in [1.807, 2.05) is 12.1 Å². The molecular formula is C13H15BrN4. The highest BCUT2D eigenvalue weighted by molar-refractivity contribution is 9.10. The Morgan fingerprint density at radius 3 is 2.67 bits per heavy atom. The van der Waals surface area contributed by atoms with Gasteiger partial charge in [-0.15, -0.1) is 0 Å². The van der Waals surface area contributed by atoms with Gasteiger partial charge in [0.05, 0.1) is 4.47 Å². The molecule has 0 saturated carbocycles. The number of rotatable bonds is 4. The first-order valence-electron chi connectivity index (χ1n) is 5.83. The van der Waals surface area contributed by atoms with Gasteiger partial charge in [0.25, 0.3) is 0 Å². The van der Waals surface area contributed by atoms with E-state index in [2.05, 4.69) is 50.3 Å². The van der Waals surface area contributed by atoms with Gasteiger partial charge in [-0.05, 0) is 40.0 Å². The van der Waals surface area contributed by atoms with Crippen molar-refractivity contribution in [2.75, 3.05) is 11.1 Å². The Morgan fingerprint density at radius 1 is 1.28 bits per heavy atom. The summed E-state index contributed by atoms with van der Waals surface area (Å²) in [6.07, 6.45) is 3.89. The third kappa shape index (κ3) is 3.20. The van der Waals surface area contributed by atoms with Crippen molar-refractivity contribution < 1.29 is 0 Å². The fourth-order valence-electron chi connectivity index (χ4n) is 1.65. The average molecular weight is 307 g/mol. The number of aromatic nitrogens is 2. The van der Waals surface area contributed by atoms with Crippen LogP contribution in [-0.2, 0) is 6.42 Å². The summed E-state index contributed by atoms with van der Waals surface area (Å²) in [6, 6.07) is 8.31. The Hall–Kier alpha value is -1.62. The number of nitrogens with one attached hydrogen (secondary N) is 1. The molecule has 1 aromatic carbocycles. The molecule has 0 fully saturated rings. The summed E-state index contributed by atoms with van der Waals surface area (Å²) in [4.78, 5) is 8.03. The van der Waals surface area contributed by atoms with Crippen molar-refractivity contribution in [2.45, 2.75) is 19.8 Å². The highest BCUT2D eigenvalue weighted by Gasteiger charge is 2.03. The number of nitrogen functional groups attached to an aromatic ring is 1. The van der Waals surface area contributed by atoms with Gasteiger partial charge >= 0.3 is 0 Å². The monoisotopic (exact) mass is 306 g/mol. The maximum Gasteiger partial charge on any atom is 0.222 e. The molecule has 1 heterocycles. The van der Waals surface area contributed by atoms with Crippen molar-refractivity contribution in [3.05, 3.63) is 40.5 Å². The lowest BCUT2D eigenvalue weighted by Gasteiger charge is -2.08. The zero-order valence-corrected chi connectivity index (χ0v) is 11.7. The van der Waals surface area contributed by atoms with Gasteiger partial charge in [0.2, 0.25) is 5.95 Å². The predicted molar refractivity (Wildman–Crippen MR) is 77.9 cm³/mol. The zero-order chi connectivity index (χ0) is 13.0. The largest absolute Gasteiger partial charge is 0.368 e. The molecule has 2 aromatic rings. The first-order chi connectivity index (χ1) is 8.69. The predicted octanol–water partition coefficient (Wildman–Crippen LogP) is 3.52. The summed E-state index contributed by atoms with van der Waals surface area (Å²) in [5.74, 6) is 0.925. The molecule has 0 spiro atoms. The van der Waals surface area contributed by atoms with Crippen LogP contribution in [0, 0.1) is 0 Å². The zero-order valence-electron chi connectivity index (χ0n) is 10.2. The van der Waals surface area contributed by atoms with E-state index in [1.54, 1.807) is 6.20 Å². The van der Waals surface area contributed by atoms with Crippen molar-refractivity contribution in [2.24, 2.45) is 0 Å². The van der Waals surface area contributed by atoms with E-state index in [4.69, 9.17) is 5.73 Å². The molecule has 5 heteroatoms. The molecule has 0 amide bonds. The molecule has 0 radical (unpaired) electrons. The van der Waals surface area contributed by atoms with E-state index in [0.717, 1.165) is 23.0 Å². The lowest BCUT2D eigenvalue weighted by Crippen LogP contribution is -2.00. The van der Waals surface area contributed by atoms with Crippen molar-refractivity contribution in [3.8, 4) is 0 Å². The van der Waals surface area contributed by atoms with E-state index in [-0.39, 0.29) is 5.95 Å². The number of aryl methyl sites for hydroxylation is 1. The number of halogens is 1. The molecule has 94 valence electrons. The standard InChI is InChI=1S/C13H15BrN4/c1-2-3-9-4-6-10(7-5-9)17-12-11(14)8-16-13(15)18-12/h4-8H,2-3H2,1H3,(H3,15,16,17,18). The van der Waals surface area contributed by atoms with Crippen molar-refractivity contribution in [1.82, 2.24) is 9.97 Å². The van der Waals surface area contributed by atoms with Gasteiger partial charge in [0.1, 0.15) is 5.82 Å². The number of hydrogen-bond donors (Lipinski definition) is 2. The van der Waals surface area contributed by atoms with E-state index < -0.39 is 0 Å². The quantitative estimate of drug-likeness (QED) is 0.907. The lowest BCUT2D eigenvalue weighted by atomic mass is 10.1. The van der Waals surface area contributed by atoms with Gasteiger partial charge in [-0.25, -0.2) is 4.98 Å². The smallest absolute Gasteiger partial charge is 0.222 e. The maximum absolute atomic E-state index is 5.56. The minimum absolute atomic E-state index is 0.253. The van der Waals surface area contributed by atoms with E-state index in [0.29, 0.717) is 5.82 Å². The lowest BCUT2D eigenvalue weighted by molar-refractivity contribution is 0.922. The van der Waals surface area contributed by atoms with Crippen molar-refractivity contribution in [1.29, 1.82) is 0 Å². The van der Waals surface area contributed by atoms with Gasteiger partial charge in [-0.1, -0.05) is 25.5 Å². The summed E-state index contributed by atoms with van der Waals surface area (Å²) < 4.78 is 0.786. The third-order valence-electron chi connectivity index (χ3n) is 2.52. The molecule has 1 aromatic heterocycles. The molecule has 18 heavy (non-hydrogen) atoms. The Morgan fingerprint density at radius 2 is 2.00 bits per heavy atom. The van der Waals surface area contributed by atoms with Crippen LogP contribution in [0.4, 0.5) is 17.5 Å². The fraction of sp³-hybridized carbons (Fsp3) is 0.231. The van der Waals surface area contributed by atoms with Crippen LogP contribution in [0.3, 0.4) is 0 Å². The molecule has 0 saturated heterocycles. The van der Waals surface area contributed by atoms with Gasteiger partial charge in [0, 0.05) is 11.9 Å². The van der Waals surface area contributed by atoms with Crippen LogP contribution in [0.25, 0.3) is 0 Å². The molecule has 0 aliphatic carbocycles. The van der Waals surface area contributed by atoms with E-state index >= 15 is 0 Å². The Balaban J connectivity index is 2.15. The molecular weight excluding hydrogens is 292 g/mol. The second-order valence-corrected chi connectivity index (χ2v) is 4.85. The molecule has 2 rings (SSSR count). The van der Waals surface area contributed by atoms with Gasteiger partial charge in [-0.2, -0.15) is 4.98 Å². The molecule has 0 unspecified atom stereocenters. The minimum atomic E-state index is 0.253. The highest BCUT2D eigenvalue weighted by Crippen LogP contribution is 2.23. The summed E-state index contributed by atoms with van der Waals surface area (Å²) in [5.41, 5.74) is 7.88. The minimum Gasteiger partial charge on any atom is -0.368 e. The van der Waals surface area contributed by atoms with Crippen LogP contribution in [0.2, 0.25) is 0 Å². The maximum atomic E-state index is 5.56. The van der Waals surface area contributed by atoms with Crippen LogP contribution in [0.1, 0.15) is 18.9 Å². The first kappa shape index (κ1) is 12.8. The van der Waals surface area contributed by atoms with Crippen LogP contribution < -0.4 is 11.1 Å². The van der Waals surface area contributed by atoms with Gasteiger partial charge in [0.15, 0.2) is 0 Å². The molecule has 4 nitrogen and oxygen atoms in total. The van der Waals surface area contributed by atoms with Crippen LogP contribution in [0.5, 0.6) is 0 Å². The number of anilines is 3. The second kappa shape index (κ2) is 5.82. The second-order valence-electron chi connectivity index (χ2n) is 4.00. The average Bonchev–Trinajstić information content (AvgIpc) is 2.37. The van der Waals surface area contributed by atoms with Crippen molar-refractivity contribution >= 4 is 33.4 Å². The number of benzene rings is 1. The summed E-state index contributed by atoms with van der Waals surface area (Å²) in [7, 11) is 0. The Kier molecular flexibility index (Phi) is 4.15. The Bertz CT molecular complexity index is 525. The summed E-state index contributed by atoms with van der Waals surface area (Å²) in [5, 5.41) is 3.20. The molecule has 0 atom stereocenters. The van der Waals surface area contributed by atoms with Crippen LogP contribution in [-0.4, -0.2) is 9.97 Å². The third-order valence-corrected chi connectivity index (χ3v) is 3.10. The van der Waals surface area contributed by atoms with E-state index in [9.17, 15) is 0 Å².